The topological polar surface area (TPSA) is 61.5 Å². The number of imidazole rings is 1. The van der Waals surface area contributed by atoms with E-state index in [0.717, 1.165) is 12.1 Å². The van der Waals surface area contributed by atoms with Gasteiger partial charge in [-0.05, 0) is 13.0 Å². The molecule has 2 N–H and O–H groups in total. The van der Waals surface area contributed by atoms with Crippen molar-refractivity contribution >= 4 is 11.0 Å². The van der Waals surface area contributed by atoms with Crippen LogP contribution in [-0.2, 0) is 0 Å². The molecular formula is C13H9F2N3O. The van der Waals surface area contributed by atoms with Crippen molar-refractivity contribution in [3.63, 3.8) is 0 Å². The fourth-order valence-corrected chi connectivity index (χ4v) is 1.93. The van der Waals surface area contributed by atoms with Gasteiger partial charge in [0.25, 0.3) is 0 Å². The van der Waals surface area contributed by atoms with Crippen molar-refractivity contribution in [2.45, 2.75) is 6.92 Å². The van der Waals surface area contributed by atoms with Crippen molar-refractivity contribution in [3.8, 4) is 11.4 Å². The summed E-state index contributed by atoms with van der Waals surface area (Å²) in [5, 5.41) is 0. The van der Waals surface area contributed by atoms with E-state index in [0.29, 0.717) is 5.69 Å². The highest BCUT2D eigenvalue weighted by Crippen LogP contribution is 2.21. The number of nitrogens with one attached hydrogen (secondary N) is 2. The molecule has 2 heterocycles. The van der Waals surface area contributed by atoms with Gasteiger partial charge in [0.2, 0.25) is 0 Å². The maximum absolute atomic E-state index is 13.5. The SMILES string of the molecule is Cc1cc(=O)c(-c2nc3c(F)cc(F)cc3[nH]2)c[nH]1. The number of rotatable bonds is 1. The standard InChI is InChI=1S/C13H9F2N3O/c1-6-2-11(19)8(5-16-6)13-17-10-4-7(14)3-9(15)12(10)18-13/h2-5H,1H3,(H,16,19)(H,17,18). The number of H-pyrrole nitrogens is 2. The average Bonchev–Trinajstić information content (AvgIpc) is 2.72. The van der Waals surface area contributed by atoms with Crippen LogP contribution in [0.15, 0.2) is 29.2 Å². The number of aromatic nitrogens is 3. The molecule has 19 heavy (non-hydrogen) atoms. The molecule has 4 nitrogen and oxygen atoms in total. The monoisotopic (exact) mass is 261 g/mol. The van der Waals surface area contributed by atoms with Gasteiger partial charge in [-0.25, -0.2) is 13.8 Å². The summed E-state index contributed by atoms with van der Waals surface area (Å²) in [5.74, 6) is -1.25. The van der Waals surface area contributed by atoms with Gasteiger partial charge in [0.15, 0.2) is 11.2 Å². The van der Waals surface area contributed by atoms with E-state index in [4.69, 9.17) is 0 Å². The van der Waals surface area contributed by atoms with Crippen molar-refractivity contribution in [3.05, 3.63) is 51.9 Å². The van der Waals surface area contributed by atoms with Gasteiger partial charge < -0.3 is 9.97 Å². The molecule has 3 aromatic rings. The van der Waals surface area contributed by atoms with Gasteiger partial charge in [-0.1, -0.05) is 0 Å². The average molecular weight is 261 g/mol. The van der Waals surface area contributed by atoms with Crippen molar-refractivity contribution in [1.82, 2.24) is 15.0 Å². The maximum atomic E-state index is 13.5. The van der Waals surface area contributed by atoms with Crippen LogP contribution in [0.2, 0.25) is 0 Å². The molecule has 96 valence electrons. The van der Waals surface area contributed by atoms with E-state index in [1.165, 1.54) is 12.3 Å². The van der Waals surface area contributed by atoms with Gasteiger partial charge in [0.1, 0.15) is 17.2 Å². The Morgan fingerprint density at radius 2 is 2.00 bits per heavy atom. The second-order valence-electron chi connectivity index (χ2n) is 4.26. The van der Waals surface area contributed by atoms with Crippen LogP contribution in [0.4, 0.5) is 8.78 Å². The Morgan fingerprint density at radius 3 is 2.74 bits per heavy atom. The number of aromatic amines is 2. The van der Waals surface area contributed by atoms with E-state index < -0.39 is 11.6 Å². The summed E-state index contributed by atoms with van der Waals surface area (Å²) < 4.78 is 26.6. The van der Waals surface area contributed by atoms with Crippen LogP contribution in [0.5, 0.6) is 0 Å². The highest BCUT2D eigenvalue weighted by molar-refractivity contribution is 5.79. The Balaban J connectivity index is 2.26. The Kier molecular flexibility index (Phi) is 2.45. The van der Waals surface area contributed by atoms with Gasteiger partial charge in [-0.3, -0.25) is 4.79 Å². The molecule has 0 fully saturated rings. The molecule has 0 aliphatic carbocycles. The normalized spacial score (nSPS) is 11.1. The lowest BCUT2D eigenvalue weighted by Crippen LogP contribution is -2.05. The molecule has 0 aliphatic rings. The third-order valence-electron chi connectivity index (χ3n) is 2.82. The largest absolute Gasteiger partial charge is 0.364 e. The summed E-state index contributed by atoms with van der Waals surface area (Å²) in [4.78, 5) is 21.4. The van der Waals surface area contributed by atoms with Crippen LogP contribution in [0.1, 0.15) is 5.69 Å². The zero-order valence-corrected chi connectivity index (χ0v) is 9.92. The molecule has 0 atom stereocenters. The van der Waals surface area contributed by atoms with Crippen LogP contribution in [0, 0.1) is 18.6 Å². The molecule has 3 rings (SSSR count). The van der Waals surface area contributed by atoms with E-state index in [2.05, 4.69) is 15.0 Å². The third-order valence-corrected chi connectivity index (χ3v) is 2.82. The first-order valence-corrected chi connectivity index (χ1v) is 5.59. The summed E-state index contributed by atoms with van der Waals surface area (Å²) in [6.45, 7) is 1.75. The molecule has 0 bridgehead atoms. The van der Waals surface area contributed by atoms with Crippen molar-refractivity contribution < 1.29 is 8.78 Å². The lowest BCUT2D eigenvalue weighted by atomic mass is 10.2. The van der Waals surface area contributed by atoms with Crippen molar-refractivity contribution in [2.24, 2.45) is 0 Å². The summed E-state index contributed by atoms with van der Waals surface area (Å²) in [6, 6.07) is 3.31. The summed E-state index contributed by atoms with van der Waals surface area (Å²) >= 11 is 0. The summed E-state index contributed by atoms with van der Waals surface area (Å²) in [5.41, 5.74) is 0.976. The van der Waals surface area contributed by atoms with Gasteiger partial charge >= 0.3 is 0 Å². The fourth-order valence-electron chi connectivity index (χ4n) is 1.93. The van der Waals surface area contributed by atoms with E-state index >= 15 is 0 Å². The predicted molar refractivity (Wildman–Crippen MR) is 66.8 cm³/mol. The van der Waals surface area contributed by atoms with E-state index in [-0.39, 0.29) is 27.9 Å². The van der Waals surface area contributed by atoms with Gasteiger partial charge in [-0.2, -0.15) is 0 Å². The predicted octanol–water partition coefficient (Wildman–Crippen LogP) is 2.50. The zero-order chi connectivity index (χ0) is 13.6. The molecule has 0 saturated carbocycles. The zero-order valence-electron chi connectivity index (χ0n) is 9.92. The third kappa shape index (κ3) is 1.91. The summed E-state index contributed by atoms with van der Waals surface area (Å²) in [6.07, 6.45) is 1.49. The van der Waals surface area contributed by atoms with Crippen LogP contribution in [0.3, 0.4) is 0 Å². The molecule has 2 aromatic heterocycles. The van der Waals surface area contributed by atoms with Crippen LogP contribution >= 0.6 is 0 Å². The molecule has 0 unspecified atom stereocenters. The Hall–Kier alpha value is -2.50. The fraction of sp³-hybridized carbons (Fsp3) is 0.0769. The molecule has 1 aromatic carbocycles. The Morgan fingerprint density at radius 1 is 1.21 bits per heavy atom. The number of halogens is 2. The molecular weight excluding hydrogens is 252 g/mol. The molecule has 0 amide bonds. The second-order valence-corrected chi connectivity index (χ2v) is 4.26. The Labute approximate surface area is 106 Å². The van der Waals surface area contributed by atoms with E-state index in [9.17, 15) is 13.6 Å². The first kappa shape index (κ1) is 11.6. The quantitative estimate of drug-likeness (QED) is 0.707. The summed E-state index contributed by atoms with van der Waals surface area (Å²) in [7, 11) is 0. The molecule has 0 aliphatic heterocycles. The molecule has 6 heteroatoms. The lowest BCUT2D eigenvalue weighted by molar-refractivity contribution is 0.591. The number of hydrogen-bond donors (Lipinski definition) is 2. The molecule has 0 spiro atoms. The Bertz CT molecular complexity index is 836. The number of aryl methyl sites for hydroxylation is 1. The molecule has 0 saturated heterocycles. The van der Waals surface area contributed by atoms with Gasteiger partial charge in [0, 0.05) is 24.0 Å². The van der Waals surface area contributed by atoms with Gasteiger partial charge in [0.05, 0.1) is 11.1 Å². The van der Waals surface area contributed by atoms with Crippen molar-refractivity contribution in [1.29, 1.82) is 0 Å². The number of hydrogen-bond acceptors (Lipinski definition) is 2. The van der Waals surface area contributed by atoms with E-state index in [1.807, 2.05) is 0 Å². The van der Waals surface area contributed by atoms with E-state index in [1.54, 1.807) is 6.92 Å². The number of pyridine rings is 1. The first-order valence-electron chi connectivity index (χ1n) is 5.59. The number of nitrogens with zero attached hydrogens (tertiary/aromatic N) is 1. The smallest absolute Gasteiger partial charge is 0.192 e. The lowest BCUT2D eigenvalue weighted by Gasteiger charge is -1.96. The minimum atomic E-state index is -0.763. The first-order chi connectivity index (χ1) is 9.04. The number of benzene rings is 1. The second kappa shape index (κ2) is 4.01. The van der Waals surface area contributed by atoms with Crippen LogP contribution < -0.4 is 5.43 Å². The van der Waals surface area contributed by atoms with Crippen LogP contribution in [-0.4, -0.2) is 15.0 Å². The molecule has 0 radical (unpaired) electrons. The highest BCUT2D eigenvalue weighted by atomic mass is 19.1. The highest BCUT2D eigenvalue weighted by Gasteiger charge is 2.13. The number of fused-ring (bicyclic) bond motifs is 1. The van der Waals surface area contributed by atoms with Gasteiger partial charge in [-0.15, -0.1) is 0 Å². The maximum Gasteiger partial charge on any atom is 0.192 e. The minimum absolute atomic E-state index is 0.0105. The van der Waals surface area contributed by atoms with Crippen LogP contribution in [0.25, 0.3) is 22.4 Å². The van der Waals surface area contributed by atoms with Crippen molar-refractivity contribution in [2.75, 3.05) is 0 Å². The minimum Gasteiger partial charge on any atom is -0.364 e.